The molecule has 0 spiro atoms. The van der Waals surface area contributed by atoms with Crippen molar-refractivity contribution in [2.75, 3.05) is 6.54 Å². The van der Waals surface area contributed by atoms with Gasteiger partial charge in [0.25, 0.3) is 0 Å². The lowest BCUT2D eigenvalue weighted by Crippen LogP contribution is -2.17. The summed E-state index contributed by atoms with van der Waals surface area (Å²) in [5.41, 5.74) is 5.29. The van der Waals surface area contributed by atoms with Gasteiger partial charge in [0.05, 0.1) is 23.0 Å². The van der Waals surface area contributed by atoms with Crippen molar-refractivity contribution >= 4 is 5.71 Å². The van der Waals surface area contributed by atoms with Crippen molar-refractivity contribution in [3.63, 3.8) is 0 Å². The number of hydrogen-bond donors (Lipinski definition) is 1. The van der Waals surface area contributed by atoms with E-state index < -0.39 is 5.60 Å². The Morgan fingerprint density at radius 1 is 1.21 bits per heavy atom. The Morgan fingerprint density at radius 3 is 2.71 bits per heavy atom. The van der Waals surface area contributed by atoms with Crippen LogP contribution in [0.1, 0.15) is 64.0 Å². The Bertz CT molecular complexity index is 1050. The molecule has 1 aliphatic carbocycles. The van der Waals surface area contributed by atoms with Crippen LogP contribution in [0.2, 0.25) is 0 Å². The number of nitrogens with zero attached hydrogens (tertiary/aromatic N) is 2. The van der Waals surface area contributed by atoms with Crippen LogP contribution in [-0.4, -0.2) is 17.4 Å². The molecule has 3 heteroatoms. The normalized spacial score (nSPS) is 16.8. The second-order valence-corrected chi connectivity index (χ2v) is 8.97. The van der Waals surface area contributed by atoms with Crippen molar-refractivity contribution in [2.45, 2.75) is 64.9 Å². The van der Waals surface area contributed by atoms with Crippen molar-refractivity contribution in [1.82, 2.24) is 0 Å². The van der Waals surface area contributed by atoms with E-state index in [1.54, 1.807) is 0 Å². The van der Waals surface area contributed by atoms with E-state index in [4.69, 9.17) is 4.99 Å². The third-order valence-electron chi connectivity index (χ3n) is 5.65. The first-order valence-electron chi connectivity index (χ1n) is 12.2. The molecule has 0 radical (unpaired) electrons. The Labute approximate surface area is 205 Å². The lowest BCUT2D eigenvalue weighted by Gasteiger charge is -2.21. The summed E-state index contributed by atoms with van der Waals surface area (Å²) in [5, 5.41) is 19.6. The minimum atomic E-state index is -0.817. The van der Waals surface area contributed by atoms with Gasteiger partial charge in [0.2, 0.25) is 0 Å². The minimum absolute atomic E-state index is 0.646. The highest BCUT2D eigenvalue weighted by atomic mass is 16.3. The maximum atomic E-state index is 10.4. The molecular formula is C31H38N2O. The summed E-state index contributed by atoms with van der Waals surface area (Å²) in [6, 6.07) is 10.3. The number of unbranched alkanes of at least 4 members (excludes halogenated alkanes) is 1. The molecule has 3 nitrogen and oxygen atoms in total. The average Bonchev–Trinajstić information content (AvgIpc) is 2.82. The van der Waals surface area contributed by atoms with E-state index in [2.05, 4.69) is 49.9 Å². The molecule has 2 rings (SSSR count). The predicted molar refractivity (Wildman–Crippen MR) is 145 cm³/mol. The quantitative estimate of drug-likeness (QED) is 0.263. The molecule has 0 aromatic heterocycles. The summed E-state index contributed by atoms with van der Waals surface area (Å²) in [7, 11) is 0. The molecule has 1 N–H and O–H groups in total. The fourth-order valence-corrected chi connectivity index (χ4v) is 3.98. The lowest BCUT2D eigenvalue weighted by atomic mass is 9.91. The van der Waals surface area contributed by atoms with Gasteiger partial charge in [-0.3, -0.25) is 4.99 Å². The van der Waals surface area contributed by atoms with Crippen molar-refractivity contribution in [1.29, 1.82) is 5.26 Å². The monoisotopic (exact) mass is 454 g/mol. The highest BCUT2D eigenvalue weighted by Crippen LogP contribution is 2.25. The summed E-state index contributed by atoms with van der Waals surface area (Å²) in [5.74, 6) is 0. The standard InChI is InChI=1S/C31H38N2O/c1-5-13-25(15-8-7-9-17-27-18-10-11-19-29(27)31(3,4)34)16-12-22-33-30-23-26(24-32)20-21-28(30)14-6-2/h5,8,10-11,13-15,18-21,23,34H,1,6-7,9,12,16-17,22H2,2-4H3/b15-8+,25-13+,28-14-,33-30?. The molecule has 1 aromatic rings. The Hall–Kier alpha value is -3.22. The number of benzene rings is 1. The third kappa shape index (κ3) is 8.96. The summed E-state index contributed by atoms with van der Waals surface area (Å²) in [6.07, 6.45) is 21.9. The molecule has 0 saturated carbocycles. The van der Waals surface area contributed by atoms with Gasteiger partial charge in [-0.25, -0.2) is 0 Å². The van der Waals surface area contributed by atoms with E-state index in [1.165, 1.54) is 11.1 Å². The minimum Gasteiger partial charge on any atom is -0.386 e. The van der Waals surface area contributed by atoms with Crippen molar-refractivity contribution in [3.8, 4) is 6.07 Å². The molecule has 0 saturated heterocycles. The lowest BCUT2D eigenvalue weighted by molar-refractivity contribution is 0.0776. The Kier molecular flexibility index (Phi) is 11.2. The van der Waals surface area contributed by atoms with Gasteiger partial charge in [-0.1, -0.05) is 74.2 Å². The fraction of sp³-hybridized carbons (Fsp3) is 0.355. The molecule has 1 aromatic carbocycles. The zero-order valence-corrected chi connectivity index (χ0v) is 20.9. The third-order valence-corrected chi connectivity index (χ3v) is 5.65. The number of allylic oxidation sites excluding steroid dienone is 11. The van der Waals surface area contributed by atoms with Gasteiger partial charge in [0.15, 0.2) is 0 Å². The SMILES string of the molecule is C=C/C=C(\C=C\CCCc1ccccc1C(C)(C)O)CCCN=C1C=C(C#N)C=C/C1=C/CC. The topological polar surface area (TPSA) is 56.4 Å². The van der Waals surface area contributed by atoms with Crippen LogP contribution < -0.4 is 0 Å². The van der Waals surface area contributed by atoms with Gasteiger partial charge < -0.3 is 5.11 Å². The molecule has 0 atom stereocenters. The maximum Gasteiger partial charge on any atom is 0.0992 e. The summed E-state index contributed by atoms with van der Waals surface area (Å²) < 4.78 is 0. The molecule has 0 amide bonds. The highest BCUT2D eigenvalue weighted by molar-refractivity contribution is 6.12. The largest absolute Gasteiger partial charge is 0.386 e. The summed E-state index contributed by atoms with van der Waals surface area (Å²) in [4.78, 5) is 4.76. The van der Waals surface area contributed by atoms with Crippen LogP contribution >= 0.6 is 0 Å². The van der Waals surface area contributed by atoms with Crippen molar-refractivity contribution in [2.24, 2.45) is 4.99 Å². The molecule has 0 bridgehead atoms. The highest BCUT2D eigenvalue weighted by Gasteiger charge is 2.18. The van der Waals surface area contributed by atoms with Crippen molar-refractivity contribution in [3.05, 3.63) is 107 Å². The first kappa shape index (κ1) is 27.0. The smallest absolute Gasteiger partial charge is 0.0992 e. The number of aryl methyl sites for hydroxylation is 1. The van der Waals surface area contributed by atoms with Crippen molar-refractivity contribution < 1.29 is 5.11 Å². The van der Waals surface area contributed by atoms with Gasteiger partial charge in [-0.05, 0) is 86.8 Å². The number of nitriles is 1. The van der Waals surface area contributed by atoms with Gasteiger partial charge in [0.1, 0.15) is 0 Å². The molecule has 0 aliphatic heterocycles. The number of aliphatic imine (C=N–C) groups is 1. The van der Waals surface area contributed by atoms with Gasteiger partial charge in [-0.15, -0.1) is 0 Å². The molecule has 178 valence electrons. The summed E-state index contributed by atoms with van der Waals surface area (Å²) >= 11 is 0. The average molecular weight is 455 g/mol. The van der Waals surface area contributed by atoms with E-state index >= 15 is 0 Å². The zero-order chi connectivity index (χ0) is 24.8. The fourth-order valence-electron chi connectivity index (χ4n) is 3.98. The molecule has 0 unspecified atom stereocenters. The van der Waals surface area contributed by atoms with Gasteiger partial charge in [-0.2, -0.15) is 5.26 Å². The van der Waals surface area contributed by atoms with E-state index in [9.17, 15) is 10.4 Å². The zero-order valence-electron chi connectivity index (χ0n) is 20.9. The molecule has 1 aliphatic rings. The van der Waals surface area contributed by atoms with E-state index in [-0.39, 0.29) is 0 Å². The second kappa shape index (κ2) is 14.1. The van der Waals surface area contributed by atoms with Gasteiger partial charge >= 0.3 is 0 Å². The summed E-state index contributed by atoms with van der Waals surface area (Å²) in [6.45, 7) is 10.4. The number of hydrogen-bond acceptors (Lipinski definition) is 3. The molecular weight excluding hydrogens is 416 g/mol. The first-order chi connectivity index (χ1) is 16.4. The van der Waals surface area contributed by atoms with Crippen LogP contribution in [0.3, 0.4) is 0 Å². The van der Waals surface area contributed by atoms with E-state index in [0.29, 0.717) is 5.57 Å². The van der Waals surface area contributed by atoms with Crippen LogP contribution in [0.5, 0.6) is 0 Å². The van der Waals surface area contributed by atoms with Gasteiger partial charge in [0, 0.05) is 6.54 Å². The Balaban J connectivity index is 1.87. The van der Waals surface area contributed by atoms with Crippen LogP contribution in [-0.2, 0) is 12.0 Å². The van der Waals surface area contributed by atoms with E-state index in [1.807, 2.05) is 56.4 Å². The number of rotatable bonds is 12. The molecule has 34 heavy (non-hydrogen) atoms. The van der Waals surface area contributed by atoms with E-state index in [0.717, 1.165) is 61.9 Å². The Morgan fingerprint density at radius 2 is 2.00 bits per heavy atom. The van der Waals surface area contributed by atoms with Crippen LogP contribution in [0.25, 0.3) is 0 Å². The first-order valence-corrected chi connectivity index (χ1v) is 12.2. The second-order valence-electron chi connectivity index (χ2n) is 8.97. The van der Waals surface area contributed by atoms with Crippen LogP contribution in [0.15, 0.2) is 101 Å². The predicted octanol–water partition coefficient (Wildman–Crippen LogP) is 7.48. The van der Waals surface area contributed by atoms with Crippen LogP contribution in [0, 0.1) is 11.3 Å². The molecule has 0 fully saturated rings. The molecule has 0 heterocycles. The number of aliphatic hydroxyl groups is 1. The van der Waals surface area contributed by atoms with Crippen LogP contribution in [0.4, 0.5) is 0 Å². The maximum absolute atomic E-state index is 10.4.